The summed E-state index contributed by atoms with van der Waals surface area (Å²) >= 11 is 1.77. The Hall–Kier alpha value is -2.75. The number of hydrogen-bond donors (Lipinski definition) is 2. The molecule has 2 aliphatic rings. The van der Waals surface area contributed by atoms with Crippen molar-refractivity contribution in [2.75, 3.05) is 13.2 Å². The molecule has 2 aromatic heterocycles. The molecule has 37 heavy (non-hydrogen) atoms. The van der Waals surface area contributed by atoms with Crippen molar-refractivity contribution < 1.29 is 55.6 Å². The summed E-state index contributed by atoms with van der Waals surface area (Å²) in [7, 11) is 0. The minimum atomic E-state index is -5.08. The molecular formula is C22H24F6N2O6S. The van der Waals surface area contributed by atoms with E-state index in [1.165, 1.54) is 5.56 Å². The van der Waals surface area contributed by atoms with Crippen molar-refractivity contribution in [1.29, 1.82) is 0 Å². The maximum Gasteiger partial charge on any atom is 0.490 e. The number of carboxylic acid groups (broad SMARTS) is 2. The number of alkyl halides is 6. The number of halogens is 6. The van der Waals surface area contributed by atoms with Crippen molar-refractivity contribution in [2.45, 2.75) is 56.6 Å². The standard InChI is InChI=1S/C18H22N2O2S.2C2HF3O2/c1-2-7-19-15(3-1)12-22-17-5-4-16-18(17)21-9-8-20(16)11-14-6-10-23-13-14;2*3-2(4,5)1(6)7/h1-3,6-7,10,13,16-18H,4-5,8-9,11-12H2;2*(H,6,7)/t16-,17-,18+;;/m0../s1. The van der Waals surface area contributed by atoms with Crippen LogP contribution in [0.4, 0.5) is 26.3 Å². The number of aliphatic carboxylic acids is 2. The first-order valence-electron chi connectivity index (χ1n) is 10.8. The van der Waals surface area contributed by atoms with Gasteiger partial charge in [0, 0.05) is 25.3 Å². The van der Waals surface area contributed by atoms with E-state index in [1.807, 2.05) is 24.4 Å². The monoisotopic (exact) mass is 558 g/mol. The van der Waals surface area contributed by atoms with Crippen molar-refractivity contribution in [2.24, 2.45) is 0 Å². The maximum absolute atomic E-state index is 10.6. The van der Waals surface area contributed by atoms with Crippen LogP contribution >= 0.6 is 11.3 Å². The SMILES string of the molecule is O=C(O)C(F)(F)F.O=C(O)C(F)(F)F.c1ccc(CO[C@H]2CC[C@H]3[C@H]2OCCN3Cc2ccsc2)nc1. The number of carboxylic acids is 2. The number of ether oxygens (including phenoxy) is 2. The Labute approximate surface area is 211 Å². The highest BCUT2D eigenvalue weighted by molar-refractivity contribution is 7.07. The lowest BCUT2D eigenvalue weighted by molar-refractivity contribution is -0.193. The molecule has 4 rings (SSSR count). The van der Waals surface area contributed by atoms with E-state index in [4.69, 9.17) is 29.3 Å². The quantitative estimate of drug-likeness (QED) is 0.522. The number of fused-ring (bicyclic) bond motifs is 1. The van der Waals surface area contributed by atoms with Crippen molar-refractivity contribution in [3.63, 3.8) is 0 Å². The van der Waals surface area contributed by atoms with E-state index in [1.54, 1.807) is 11.3 Å². The fourth-order valence-corrected chi connectivity index (χ4v) is 4.32. The first-order chi connectivity index (χ1) is 17.3. The molecule has 3 heterocycles. The van der Waals surface area contributed by atoms with Gasteiger partial charge in [0.05, 0.1) is 31.1 Å². The van der Waals surface area contributed by atoms with Gasteiger partial charge in [-0.15, -0.1) is 0 Å². The lowest BCUT2D eigenvalue weighted by atomic mass is 10.1. The highest BCUT2D eigenvalue weighted by Gasteiger charge is 2.43. The van der Waals surface area contributed by atoms with E-state index >= 15 is 0 Å². The number of rotatable bonds is 5. The second-order valence-electron chi connectivity index (χ2n) is 7.86. The summed E-state index contributed by atoms with van der Waals surface area (Å²) in [5.74, 6) is -5.51. The first-order valence-corrected chi connectivity index (χ1v) is 11.7. The number of hydrogen-bond acceptors (Lipinski definition) is 7. The second kappa shape index (κ2) is 13.7. The van der Waals surface area contributed by atoms with Crippen LogP contribution in [0.25, 0.3) is 0 Å². The summed E-state index contributed by atoms with van der Waals surface area (Å²) in [6, 6.07) is 8.65. The summed E-state index contributed by atoms with van der Waals surface area (Å²) in [4.78, 5) is 24.7. The van der Waals surface area contributed by atoms with E-state index < -0.39 is 24.3 Å². The Balaban J connectivity index is 0.000000286. The fourth-order valence-electron chi connectivity index (χ4n) is 3.66. The van der Waals surface area contributed by atoms with Crippen LogP contribution in [-0.4, -0.2) is 75.8 Å². The van der Waals surface area contributed by atoms with Crippen molar-refractivity contribution in [3.8, 4) is 0 Å². The van der Waals surface area contributed by atoms with Gasteiger partial charge in [-0.05, 0) is 47.4 Å². The largest absolute Gasteiger partial charge is 0.490 e. The molecule has 0 aromatic carbocycles. The molecule has 0 bridgehead atoms. The number of pyridine rings is 1. The van der Waals surface area contributed by atoms with E-state index in [9.17, 15) is 26.3 Å². The van der Waals surface area contributed by atoms with Crippen LogP contribution in [0.1, 0.15) is 24.1 Å². The molecule has 1 aliphatic carbocycles. The smallest absolute Gasteiger partial charge is 0.475 e. The lowest BCUT2D eigenvalue weighted by Crippen LogP contribution is -2.51. The van der Waals surface area contributed by atoms with Crippen LogP contribution in [0.3, 0.4) is 0 Å². The normalized spacial score (nSPS) is 21.6. The average molecular weight is 558 g/mol. The van der Waals surface area contributed by atoms with Crippen LogP contribution in [0.2, 0.25) is 0 Å². The highest BCUT2D eigenvalue weighted by atomic mass is 32.1. The van der Waals surface area contributed by atoms with Crippen molar-refractivity contribution in [3.05, 3.63) is 52.5 Å². The first kappa shape index (κ1) is 30.5. The second-order valence-corrected chi connectivity index (χ2v) is 8.64. The molecule has 206 valence electrons. The summed E-state index contributed by atoms with van der Waals surface area (Å²) < 4.78 is 75.7. The zero-order valence-corrected chi connectivity index (χ0v) is 19.9. The molecule has 3 atom stereocenters. The maximum atomic E-state index is 10.6. The van der Waals surface area contributed by atoms with Gasteiger partial charge in [0.15, 0.2) is 0 Å². The van der Waals surface area contributed by atoms with E-state index in [0.717, 1.165) is 38.2 Å². The molecular weight excluding hydrogens is 534 g/mol. The zero-order chi connectivity index (χ0) is 27.6. The van der Waals surface area contributed by atoms with Crippen LogP contribution in [0.15, 0.2) is 41.2 Å². The topological polar surface area (TPSA) is 109 Å². The number of aromatic nitrogens is 1. The van der Waals surface area contributed by atoms with Gasteiger partial charge in [-0.1, -0.05) is 6.07 Å². The minimum absolute atomic E-state index is 0.187. The van der Waals surface area contributed by atoms with Crippen LogP contribution in [0.5, 0.6) is 0 Å². The predicted molar refractivity (Wildman–Crippen MR) is 118 cm³/mol. The predicted octanol–water partition coefficient (Wildman–Crippen LogP) is 4.36. The molecule has 2 aromatic rings. The van der Waals surface area contributed by atoms with E-state index in [2.05, 4.69) is 26.7 Å². The van der Waals surface area contributed by atoms with E-state index in [-0.39, 0.29) is 12.2 Å². The number of carbonyl (C=O) groups is 2. The summed E-state index contributed by atoms with van der Waals surface area (Å²) in [6.07, 6.45) is -5.74. The van der Waals surface area contributed by atoms with Gasteiger partial charge in [0.2, 0.25) is 0 Å². The van der Waals surface area contributed by atoms with Crippen LogP contribution in [-0.2, 0) is 32.2 Å². The van der Waals surface area contributed by atoms with Gasteiger partial charge in [0.1, 0.15) is 0 Å². The molecule has 1 saturated carbocycles. The van der Waals surface area contributed by atoms with Crippen LogP contribution in [0, 0.1) is 0 Å². The molecule has 1 aliphatic heterocycles. The summed E-state index contributed by atoms with van der Waals surface area (Å²) in [5.41, 5.74) is 2.40. The molecule has 2 N–H and O–H groups in total. The molecule has 2 fully saturated rings. The Morgan fingerprint density at radius 3 is 2.24 bits per heavy atom. The number of nitrogens with zero attached hydrogens (tertiary/aromatic N) is 2. The Morgan fingerprint density at radius 2 is 1.73 bits per heavy atom. The fraction of sp³-hybridized carbons (Fsp3) is 0.500. The minimum Gasteiger partial charge on any atom is -0.475 e. The van der Waals surface area contributed by atoms with Gasteiger partial charge in [-0.3, -0.25) is 9.88 Å². The van der Waals surface area contributed by atoms with Gasteiger partial charge in [0.25, 0.3) is 0 Å². The number of thiophene rings is 1. The van der Waals surface area contributed by atoms with Crippen LogP contribution < -0.4 is 0 Å². The lowest BCUT2D eigenvalue weighted by Gasteiger charge is -2.39. The molecule has 0 radical (unpaired) electrons. The zero-order valence-electron chi connectivity index (χ0n) is 19.1. The molecule has 0 spiro atoms. The summed E-state index contributed by atoms with van der Waals surface area (Å²) in [5, 5.41) is 18.6. The average Bonchev–Trinajstić information content (AvgIpc) is 3.48. The van der Waals surface area contributed by atoms with Gasteiger partial charge >= 0.3 is 24.3 Å². The number of morpholine rings is 1. The third-order valence-corrected chi connectivity index (χ3v) is 6.00. The Kier molecular flexibility index (Phi) is 11.3. The molecule has 0 unspecified atom stereocenters. The highest BCUT2D eigenvalue weighted by Crippen LogP contribution is 2.33. The van der Waals surface area contributed by atoms with Gasteiger partial charge in [-0.25, -0.2) is 9.59 Å². The third kappa shape index (κ3) is 10.3. The van der Waals surface area contributed by atoms with E-state index in [0.29, 0.717) is 12.6 Å². The third-order valence-electron chi connectivity index (χ3n) is 5.27. The molecule has 1 saturated heterocycles. The van der Waals surface area contributed by atoms with Gasteiger partial charge < -0.3 is 19.7 Å². The van der Waals surface area contributed by atoms with Gasteiger partial charge in [-0.2, -0.15) is 37.7 Å². The molecule has 0 amide bonds. The molecule has 8 nitrogen and oxygen atoms in total. The van der Waals surface area contributed by atoms with Crippen molar-refractivity contribution >= 4 is 23.3 Å². The Morgan fingerprint density at radius 1 is 1.08 bits per heavy atom. The molecule has 15 heteroatoms. The van der Waals surface area contributed by atoms with Crippen molar-refractivity contribution in [1.82, 2.24) is 9.88 Å². The Bertz CT molecular complexity index is 950. The summed E-state index contributed by atoms with van der Waals surface area (Å²) in [6.45, 7) is 3.42.